The number of hydrogen-bond donors (Lipinski definition) is 2. The van der Waals surface area contributed by atoms with Crippen molar-refractivity contribution >= 4 is 44.8 Å². The van der Waals surface area contributed by atoms with E-state index in [9.17, 15) is 8.42 Å². The summed E-state index contributed by atoms with van der Waals surface area (Å²) >= 11 is 6.41. The highest BCUT2D eigenvalue weighted by molar-refractivity contribution is 7.89. The zero-order valence-corrected chi connectivity index (χ0v) is 25.6. The summed E-state index contributed by atoms with van der Waals surface area (Å²) in [5.74, 6) is 1.21. The lowest BCUT2D eigenvalue weighted by atomic mass is 10.0. The van der Waals surface area contributed by atoms with E-state index in [-0.39, 0.29) is 27.8 Å². The summed E-state index contributed by atoms with van der Waals surface area (Å²) in [5, 5.41) is 6.56. The summed E-state index contributed by atoms with van der Waals surface area (Å²) in [4.78, 5) is 11.4. The van der Waals surface area contributed by atoms with Crippen LogP contribution in [0, 0.1) is 0 Å². The summed E-state index contributed by atoms with van der Waals surface area (Å²) in [6.45, 7) is 3.15. The predicted molar refractivity (Wildman–Crippen MR) is 160 cm³/mol. The highest BCUT2D eigenvalue weighted by atomic mass is 35.5. The second kappa shape index (κ2) is 13.8. The molecule has 2 heterocycles. The molecule has 1 aliphatic heterocycles. The van der Waals surface area contributed by atoms with Crippen LogP contribution in [0.15, 0.2) is 47.5 Å². The van der Waals surface area contributed by atoms with Crippen molar-refractivity contribution in [1.82, 2.24) is 19.2 Å². The fourth-order valence-corrected chi connectivity index (χ4v) is 5.85. The molecular formula is C28H37ClN6O5S. The number of hydrogen-bond acceptors (Lipinski definition) is 10. The molecule has 1 aromatic heterocycles. The van der Waals surface area contributed by atoms with E-state index in [1.54, 1.807) is 39.5 Å². The Labute approximate surface area is 246 Å². The van der Waals surface area contributed by atoms with Crippen LogP contribution in [-0.2, 0) is 32.3 Å². The van der Waals surface area contributed by atoms with Crippen molar-refractivity contribution < 1.29 is 22.6 Å². The second-order valence-corrected chi connectivity index (χ2v) is 12.4. The van der Waals surface area contributed by atoms with Crippen molar-refractivity contribution in [2.24, 2.45) is 0 Å². The number of para-hydroxylation sites is 1. The summed E-state index contributed by atoms with van der Waals surface area (Å²) in [7, 11) is 4.28. The van der Waals surface area contributed by atoms with Gasteiger partial charge in [-0.15, -0.1) is 0 Å². The highest BCUT2D eigenvalue weighted by Crippen LogP contribution is 2.34. The summed E-state index contributed by atoms with van der Waals surface area (Å²) in [6.07, 6.45) is 3.23. The molecule has 0 bridgehead atoms. The van der Waals surface area contributed by atoms with E-state index in [2.05, 4.69) is 37.6 Å². The van der Waals surface area contributed by atoms with Crippen LogP contribution in [-0.4, -0.2) is 95.4 Å². The zero-order valence-electron chi connectivity index (χ0n) is 24.0. The molecule has 1 unspecified atom stereocenters. The Morgan fingerprint density at radius 2 is 1.76 bits per heavy atom. The number of halogens is 1. The number of sulfonamides is 1. The van der Waals surface area contributed by atoms with Crippen molar-refractivity contribution in [1.29, 1.82) is 0 Å². The summed E-state index contributed by atoms with van der Waals surface area (Å²) < 4.78 is 43.4. The van der Waals surface area contributed by atoms with E-state index >= 15 is 0 Å². The fourth-order valence-electron chi connectivity index (χ4n) is 4.67. The summed E-state index contributed by atoms with van der Waals surface area (Å²) in [5.41, 5.74) is 3.51. The Kier molecular flexibility index (Phi) is 10.4. The van der Waals surface area contributed by atoms with Gasteiger partial charge in [-0.3, -0.25) is 0 Å². The van der Waals surface area contributed by atoms with Crippen LogP contribution in [0.25, 0.3) is 0 Å². The highest BCUT2D eigenvalue weighted by Gasteiger charge is 2.23. The van der Waals surface area contributed by atoms with Gasteiger partial charge in [0.05, 0.1) is 37.4 Å². The zero-order chi connectivity index (χ0) is 29.6. The van der Waals surface area contributed by atoms with Crippen LogP contribution < -0.4 is 15.4 Å². The number of nitrogens with zero attached hydrogens (tertiary/aromatic N) is 4. The molecule has 0 saturated carbocycles. The maximum absolute atomic E-state index is 12.8. The lowest BCUT2D eigenvalue weighted by Gasteiger charge is -2.24. The lowest BCUT2D eigenvalue weighted by Crippen LogP contribution is -2.37. The van der Waals surface area contributed by atoms with Crippen molar-refractivity contribution in [3.8, 4) is 5.75 Å². The number of rotatable bonds is 12. The first kappa shape index (κ1) is 30.9. The first-order valence-electron chi connectivity index (χ1n) is 13.2. The molecular weight excluding hydrogens is 568 g/mol. The van der Waals surface area contributed by atoms with Crippen LogP contribution in [0.5, 0.6) is 5.75 Å². The van der Waals surface area contributed by atoms with Gasteiger partial charge in [-0.05, 0) is 48.2 Å². The molecule has 13 heteroatoms. The SMILES string of the molecule is COCC(CN1CCc2cc(Nc3ncc(Cl)c(Nc4ccccc4S(=O)(=O)N(C)C)n3)c(OC)cc2CC1)OC. The smallest absolute Gasteiger partial charge is 0.244 e. The maximum atomic E-state index is 12.8. The van der Waals surface area contributed by atoms with Gasteiger partial charge in [-0.2, -0.15) is 4.98 Å². The Hall–Kier alpha value is -3.00. The third-order valence-corrected chi connectivity index (χ3v) is 9.10. The van der Waals surface area contributed by atoms with E-state index in [1.165, 1.54) is 37.5 Å². The normalized spacial score (nSPS) is 14.8. The number of methoxy groups -OCH3 is 3. The molecule has 0 fully saturated rings. The third kappa shape index (κ3) is 7.45. The number of ether oxygens (including phenoxy) is 3. The summed E-state index contributed by atoms with van der Waals surface area (Å²) in [6, 6.07) is 10.7. The van der Waals surface area contributed by atoms with Gasteiger partial charge in [0.1, 0.15) is 15.7 Å². The first-order valence-corrected chi connectivity index (χ1v) is 15.0. The van der Waals surface area contributed by atoms with Crippen LogP contribution in [0.3, 0.4) is 0 Å². The van der Waals surface area contributed by atoms with Gasteiger partial charge in [0.15, 0.2) is 5.82 Å². The van der Waals surface area contributed by atoms with Gasteiger partial charge in [0.25, 0.3) is 0 Å². The molecule has 4 rings (SSSR count). The van der Waals surface area contributed by atoms with Crippen LogP contribution in [0.4, 0.5) is 23.1 Å². The van der Waals surface area contributed by atoms with Crippen molar-refractivity contribution in [3.63, 3.8) is 0 Å². The van der Waals surface area contributed by atoms with Crippen LogP contribution >= 0.6 is 11.6 Å². The number of benzene rings is 2. The van der Waals surface area contributed by atoms with Gasteiger partial charge >= 0.3 is 0 Å². The minimum Gasteiger partial charge on any atom is -0.495 e. The lowest BCUT2D eigenvalue weighted by molar-refractivity contribution is 0.00677. The Morgan fingerprint density at radius 1 is 1.05 bits per heavy atom. The number of nitrogens with one attached hydrogen (secondary N) is 2. The average molecular weight is 605 g/mol. The minimum atomic E-state index is -3.70. The molecule has 1 aliphatic rings. The van der Waals surface area contributed by atoms with Crippen LogP contribution in [0.2, 0.25) is 5.02 Å². The molecule has 0 amide bonds. The molecule has 2 aromatic carbocycles. The minimum absolute atomic E-state index is 0.0211. The van der Waals surface area contributed by atoms with Crippen LogP contribution in [0.1, 0.15) is 11.1 Å². The molecule has 1 atom stereocenters. The molecule has 0 radical (unpaired) electrons. The van der Waals surface area contributed by atoms with Crippen molar-refractivity contribution in [2.45, 2.75) is 23.8 Å². The Bertz CT molecular complexity index is 1460. The third-order valence-electron chi connectivity index (χ3n) is 6.95. The molecule has 41 heavy (non-hydrogen) atoms. The van der Waals surface area contributed by atoms with Gasteiger partial charge in [0, 0.05) is 47.9 Å². The molecule has 0 aliphatic carbocycles. The topological polar surface area (TPSA) is 118 Å². The van der Waals surface area contributed by atoms with Gasteiger partial charge in [-0.1, -0.05) is 23.7 Å². The predicted octanol–water partition coefficient (Wildman–Crippen LogP) is 3.94. The van der Waals surface area contributed by atoms with E-state index < -0.39 is 10.0 Å². The van der Waals surface area contributed by atoms with Gasteiger partial charge < -0.3 is 29.7 Å². The average Bonchev–Trinajstić information content (AvgIpc) is 3.15. The molecule has 3 aromatic rings. The number of fused-ring (bicyclic) bond motifs is 1. The quantitative estimate of drug-likeness (QED) is 0.315. The van der Waals surface area contributed by atoms with E-state index in [0.717, 1.165) is 42.5 Å². The maximum Gasteiger partial charge on any atom is 0.244 e. The standard InChI is InChI=1S/C28H37ClN6O5S/c1-34(2)41(36,37)26-9-7-6-8-23(26)31-27-22(29)16-30-28(33-27)32-24-14-19-10-12-35(17-21(39-4)18-38-3)13-11-20(19)15-25(24)40-5/h6-9,14-16,21H,10-13,17-18H2,1-5H3,(H2,30,31,32,33). The fraction of sp³-hybridized carbons (Fsp3) is 0.429. The Morgan fingerprint density at radius 3 is 2.41 bits per heavy atom. The van der Waals surface area contributed by atoms with E-state index in [0.29, 0.717) is 18.0 Å². The van der Waals surface area contributed by atoms with E-state index in [4.69, 9.17) is 25.8 Å². The molecule has 222 valence electrons. The van der Waals surface area contributed by atoms with Gasteiger partial charge in [-0.25, -0.2) is 17.7 Å². The number of aromatic nitrogens is 2. The monoisotopic (exact) mass is 604 g/mol. The molecule has 11 nitrogen and oxygen atoms in total. The molecule has 0 spiro atoms. The van der Waals surface area contributed by atoms with Crippen molar-refractivity contribution in [3.05, 3.63) is 58.7 Å². The van der Waals surface area contributed by atoms with Gasteiger partial charge in [0.2, 0.25) is 16.0 Å². The molecule has 0 saturated heterocycles. The molecule has 2 N–H and O–H groups in total. The Balaban J connectivity index is 1.56. The first-order chi connectivity index (χ1) is 19.7. The van der Waals surface area contributed by atoms with Crippen molar-refractivity contribution in [2.75, 3.05) is 72.3 Å². The second-order valence-electron chi connectivity index (χ2n) is 9.86. The number of anilines is 4. The van der Waals surface area contributed by atoms with E-state index in [1.807, 2.05) is 0 Å². The largest absolute Gasteiger partial charge is 0.495 e.